The molecule has 7 nitrogen and oxygen atoms in total. The number of carbonyl (C=O) groups is 1. The molecule has 26 heavy (non-hydrogen) atoms. The van der Waals surface area contributed by atoms with E-state index in [0.717, 1.165) is 24.3 Å². The van der Waals surface area contributed by atoms with Crippen LogP contribution in [0.3, 0.4) is 0 Å². The van der Waals surface area contributed by atoms with Gasteiger partial charge in [-0.1, -0.05) is 30.3 Å². The van der Waals surface area contributed by atoms with Gasteiger partial charge >= 0.3 is 0 Å². The Labute approximate surface area is 152 Å². The highest BCUT2D eigenvalue weighted by Crippen LogP contribution is 2.27. The molecule has 7 heteroatoms. The highest BCUT2D eigenvalue weighted by molar-refractivity contribution is 5.84. The molecule has 4 rings (SSSR count). The number of aromatic nitrogens is 4. The molecule has 1 aliphatic rings. The Morgan fingerprint density at radius 1 is 1.15 bits per heavy atom. The van der Waals surface area contributed by atoms with Gasteiger partial charge in [0.25, 0.3) is 0 Å². The molecule has 3 heterocycles. The summed E-state index contributed by atoms with van der Waals surface area (Å²) in [5, 5.41) is 0. The standard InChI is InChI=1S/C19H22N6O/c1-14(26)24-8-9-25(16(11-24)10-15-6-4-3-5-7-15)19-17-18(20-12-21-19)22-13-23(17)2/h3-7,12-13,16H,8-11H2,1-2H3. The van der Waals surface area contributed by atoms with Crippen LogP contribution in [0.1, 0.15) is 12.5 Å². The van der Waals surface area contributed by atoms with Gasteiger partial charge in [-0.15, -0.1) is 0 Å². The summed E-state index contributed by atoms with van der Waals surface area (Å²) in [4.78, 5) is 29.4. The fourth-order valence-electron chi connectivity index (χ4n) is 3.66. The maximum atomic E-state index is 11.9. The van der Waals surface area contributed by atoms with Crippen molar-refractivity contribution in [2.45, 2.75) is 19.4 Å². The van der Waals surface area contributed by atoms with Crippen LogP contribution >= 0.6 is 0 Å². The van der Waals surface area contributed by atoms with Gasteiger partial charge in [0.05, 0.1) is 12.4 Å². The van der Waals surface area contributed by atoms with Gasteiger partial charge in [-0.25, -0.2) is 15.0 Å². The van der Waals surface area contributed by atoms with Crippen LogP contribution in [-0.4, -0.2) is 56.0 Å². The predicted octanol–water partition coefficient (Wildman–Crippen LogP) is 1.64. The van der Waals surface area contributed by atoms with E-state index in [1.807, 2.05) is 22.6 Å². The molecule has 1 aromatic carbocycles. The van der Waals surface area contributed by atoms with Gasteiger partial charge in [-0.05, 0) is 12.0 Å². The lowest BCUT2D eigenvalue weighted by atomic mass is 10.0. The summed E-state index contributed by atoms with van der Waals surface area (Å²) < 4.78 is 1.96. The van der Waals surface area contributed by atoms with Crippen LogP contribution in [0.25, 0.3) is 11.2 Å². The lowest BCUT2D eigenvalue weighted by molar-refractivity contribution is -0.129. The van der Waals surface area contributed by atoms with Gasteiger partial charge in [0.2, 0.25) is 5.91 Å². The number of piperazine rings is 1. The van der Waals surface area contributed by atoms with Crippen molar-refractivity contribution in [2.24, 2.45) is 7.05 Å². The summed E-state index contributed by atoms with van der Waals surface area (Å²) in [5.41, 5.74) is 2.88. The van der Waals surface area contributed by atoms with Crippen LogP contribution in [0, 0.1) is 0 Å². The van der Waals surface area contributed by atoms with Gasteiger partial charge in [0.1, 0.15) is 11.8 Å². The Hall–Kier alpha value is -2.96. The third-order valence-corrected chi connectivity index (χ3v) is 5.00. The first-order chi connectivity index (χ1) is 12.6. The Balaban J connectivity index is 1.72. The summed E-state index contributed by atoms with van der Waals surface area (Å²) >= 11 is 0. The maximum absolute atomic E-state index is 11.9. The average Bonchev–Trinajstić information content (AvgIpc) is 3.04. The molecule has 0 N–H and O–H groups in total. The Bertz CT molecular complexity index is 922. The van der Waals surface area contributed by atoms with Crippen molar-refractivity contribution in [3.63, 3.8) is 0 Å². The number of nitrogens with zero attached hydrogens (tertiary/aromatic N) is 6. The van der Waals surface area contributed by atoms with E-state index < -0.39 is 0 Å². The molecule has 1 amide bonds. The molecule has 2 aromatic heterocycles. The molecule has 1 aliphatic heterocycles. The first-order valence-electron chi connectivity index (χ1n) is 8.81. The highest BCUT2D eigenvalue weighted by Gasteiger charge is 2.31. The number of carbonyl (C=O) groups excluding carboxylic acids is 1. The van der Waals surface area contributed by atoms with E-state index >= 15 is 0 Å². The molecule has 0 aliphatic carbocycles. The molecule has 3 aromatic rings. The van der Waals surface area contributed by atoms with E-state index in [4.69, 9.17) is 0 Å². The molecule has 1 saturated heterocycles. The monoisotopic (exact) mass is 350 g/mol. The SMILES string of the molecule is CC(=O)N1CCN(c2ncnc3ncn(C)c23)C(Cc2ccccc2)C1. The maximum Gasteiger partial charge on any atom is 0.219 e. The summed E-state index contributed by atoms with van der Waals surface area (Å²) in [6, 6.07) is 10.5. The molecular formula is C19H22N6O. The van der Waals surface area contributed by atoms with Crippen LogP contribution < -0.4 is 4.90 Å². The van der Waals surface area contributed by atoms with E-state index in [1.165, 1.54) is 5.56 Å². The van der Waals surface area contributed by atoms with E-state index in [1.54, 1.807) is 19.6 Å². The third-order valence-electron chi connectivity index (χ3n) is 5.00. The van der Waals surface area contributed by atoms with Crippen LogP contribution in [0.4, 0.5) is 5.82 Å². The third kappa shape index (κ3) is 3.00. The van der Waals surface area contributed by atoms with Crippen molar-refractivity contribution in [1.29, 1.82) is 0 Å². The topological polar surface area (TPSA) is 67.2 Å². The number of aryl methyl sites for hydroxylation is 1. The Morgan fingerprint density at radius 3 is 2.73 bits per heavy atom. The summed E-state index contributed by atoms with van der Waals surface area (Å²) in [6.45, 7) is 3.77. The van der Waals surface area contributed by atoms with Crippen LogP contribution in [0.5, 0.6) is 0 Å². The molecule has 0 spiro atoms. The van der Waals surface area contributed by atoms with Gasteiger partial charge in [-0.2, -0.15) is 0 Å². The number of hydrogen-bond acceptors (Lipinski definition) is 5. The molecule has 134 valence electrons. The zero-order valence-corrected chi connectivity index (χ0v) is 15.0. The molecule has 1 unspecified atom stereocenters. The number of rotatable bonds is 3. The second kappa shape index (κ2) is 6.74. The molecular weight excluding hydrogens is 328 g/mol. The van der Waals surface area contributed by atoms with Crippen molar-refractivity contribution >= 4 is 22.9 Å². The minimum atomic E-state index is 0.121. The first kappa shape index (κ1) is 16.5. The fraction of sp³-hybridized carbons (Fsp3) is 0.368. The summed E-state index contributed by atoms with van der Waals surface area (Å²) in [6.07, 6.45) is 4.19. The largest absolute Gasteiger partial charge is 0.348 e. The highest BCUT2D eigenvalue weighted by atomic mass is 16.2. The molecule has 0 radical (unpaired) electrons. The van der Waals surface area contributed by atoms with Crippen LogP contribution in [-0.2, 0) is 18.3 Å². The van der Waals surface area contributed by atoms with Crippen molar-refractivity contribution in [2.75, 3.05) is 24.5 Å². The van der Waals surface area contributed by atoms with Gasteiger partial charge in [0.15, 0.2) is 11.5 Å². The molecule has 1 fully saturated rings. The average molecular weight is 350 g/mol. The molecule has 0 bridgehead atoms. The van der Waals surface area contributed by atoms with Gasteiger partial charge in [0, 0.05) is 33.6 Å². The Kier molecular flexibility index (Phi) is 4.28. The smallest absolute Gasteiger partial charge is 0.219 e. The molecule has 0 saturated carbocycles. The van der Waals surface area contributed by atoms with E-state index in [-0.39, 0.29) is 11.9 Å². The lowest BCUT2D eigenvalue weighted by Gasteiger charge is -2.42. The fourth-order valence-corrected chi connectivity index (χ4v) is 3.66. The van der Waals surface area contributed by atoms with Gasteiger partial charge < -0.3 is 14.4 Å². The normalized spacial score (nSPS) is 17.7. The van der Waals surface area contributed by atoms with Crippen molar-refractivity contribution in [1.82, 2.24) is 24.4 Å². The van der Waals surface area contributed by atoms with Crippen molar-refractivity contribution in [3.8, 4) is 0 Å². The number of fused-ring (bicyclic) bond motifs is 1. The minimum Gasteiger partial charge on any atom is -0.348 e. The number of amides is 1. The molecule has 1 atom stereocenters. The minimum absolute atomic E-state index is 0.121. The van der Waals surface area contributed by atoms with Gasteiger partial charge in [-0.3, -0.25) is 4.79 Å². The quantitative estimate of drug-likeness (QED) is 0.718. The zero-order chi connectivity index (χ0) is 18.1. The first-order valence-corrected chi connectivity index (χ1v) is 8.81. The predicted molar refractivity (Wildman–Crippen MR) is 99.8 cm³/mol. The number of anilines is 1. The summed E-state index contributed by atoms with van der Waals surface area (Å²) in [5.74, 6) is 1.01. The van der Waals surface area contributed by atoms with Crippen LogP contribution in [0.2, 0.25) is 0 Å². The van der Waals surface area contributed by atoms with Crippen molar-refractivity contribution in [3.05, 3.63) is 48.5 Å². The second-order valence-corrected chi connectivity index (χ2v) is 6.73. The number of hydrogen-bond donors (Lipinski definition) is 0. The zero-order valence-electron chi connectivity index (χ0n) is 15.0. The second-order valence-electron chi connectivity index (χ2n) is 6.73. The van der Waals surface area contributed by atoms with E-state index in [2.05, 4.69) is 44.1 Å². The van der Waals surface area contributed by atoms with E-state index in [9.17, 15) is 4.79 Å². The summed E-state index contributed by atoms with van der Waals surface area (Å²) in [7, 11) is 1.96. The van der Waals surface area contributed by atoms with Crippen LogP contribution in [0.15, 0.2) is 43.0 Å². The van der Waals surface area contributed by atoms with E-state index in [0.29, 0.717) is 18.7 Å². The van der Waals surface area contributed by atoms with Crippen molar-refractivity contribution < 1.29 is 4.79 Å². The Morgan fingerprint density at radius 2 is 1.96 bits per heavy atom. The number of benzene rings is 1. The number of imidazole rings is 1. The lowest BCUT2D eigenvalue weighted by Crippen LogP contribution is -2.55.